The number of ether oxygens (including phenoxy) is 2. The Balaban J connectivity index is 1.88. The fourth-order valence-corrected chi connectivity index (χ4v) is 2.83. The molecule has 0 saturated carbocycles. The van der Waals surface area contributed by atoms with Gasteiger partial charge in [0.25, 0.3) is 0 Å². The van der Waals surface area contributed by atoms with Crippen LogP contribution in [0.3, 0.4) is 0 Å². The van der Waals surface area contributed by atoms with E-state index in [9.17, 15) is 5.11 Å². The van der Waals surface area contributed by atoms with Gasteiger partial charge in [-0.05, 0) is 18.6 Å². The lowest BCUT2D eigenvalue weighted by Crippen LogP contribution is -1.98. The third-order valence-electron chi connectivity index (χ3n) is 4.17. The zero-order valence-electron chi connectivity index (χ0n) is 14.6. The number of hydrogen-bond acceptors (Lipinski definition) is 3. The molecule has 3 aromatic carbocycles. The maximum Gasteiger partial charge on any atom is 0.173 e. The molecular formula is C22H24O3. The third-order valence-corrected chi connectivity index (χ3v) is 4.17. The van der Waals surface area contributed by atoms with Gasteiger partial charge in [0.05, 0.1) is 6.61 Å². The van der Waals surface area contributed by atoms with Crippen LogP contribution in [0.4, 0.5) is 0 Å². The van der Waals surface area contributed by atoms with Gasteiger partial charge in [-0.3, -0.25) is 0 Å². The Labute approximate surface area is 148 Å². The second-order valence-corrected chi connectivity index (χ2v) is 6.09. The average Bonchev–Trinajstić information content (AvgIpc) is 2.66. The minimum Gasteiger partial charge on any atom is -0.504 e. The SMILES string of the molecule is CCCCCCOc1cc(Oc2ccccc2)c(O)c2ccccc12. The third kappa shape index (κ3) is 4.24. The summed E-state index contributed by atoms with van der Waals surface area (Å²) in [6.45, 7) is 2.86. The van der Waals surface area contributed by atoms with E-state index < -0.39 is 0 Å². The molecule has 3 heteroatoms. The van der Waals surface area contributed by atoms with Gasteiger partial charge in [0, 0.05) is 16.8 Å². The Kier molecular flexibility index (Phi) is 5.78. The Morgan fingerprint density at radius 3 is 2.28 bits per heavy atom. The second-order valence-electron chi connectivity index (χ2n) is 6.09. The van der Waals surface area contributed by atoms with Gasteiger partial charge in [0.15, 0.2) is 11.5 Å². The van der Waals surface area contributed by atoms with Crippen LogP contribution < -0.4 is 9.47 Å². The van der Waals surface area contributed by atoms with Crippen LogP contribution in [-0.4, -0.2) is 11.7 Å². The van der Waals surface area contributed by atoms with Crippen molar-refractivity contribution in [3.63, 3.8) is 0 Å². The van der Waals surface area contributed by atoms with Crippen LogP contribution in [0.15, 0.2) is 60.7 Å². The van der Waals surface area contributed by atoms with Crippen molar-refractivity contribution < 1.29 is 14.6 Å². The van der Waals surface area contributed by atoms with Crippen molar-refractivity contribution in [2.45, 2.75) is 32.6 Å². The first-order valence-electron chi connectivity index (χ1n) is 8.90. The van der Waals surface area contributed by atoms with Gasteiger partial charge in [-0.2, -0.15) is 0 Å². The van der Waals surface area contributed by atoms with Gasteiger partial charge in [-0.15, -0.1) is 0 Å². The summed E-state index contributed by atoms with van der Waals surface area (Å²) in [6, 6.07) is 18.9. The number of benzene rings is 3. The number of rotatable bonds is 8. The zero-order valence-corrected chi connectivity index (χ0v) is 14.6. The summed E-state index contributed by atoms with van der Waals surface area (Å²) >= 11 is 0. The number of fused-ring (bicyclic) bond motifs is 1. The van der Waals surface area contributed by atoms with Crippen LogP contribution in [-0.2, 0) is 0 Å². The van der Waals surface area contributed by atoms with Crippen molar-refractivity contribution in [2.24, 2.45) is 0 Å². The molecule has 1 N–H and O–H groups in total. The summed E-state index contributed by atoms with van der Waals surface area (Å²) in [6.07, 6.45) is 4.62. The molecule has 0 bridgehead atoms. The predicted octanol–water partition coefficient (Wildman–Crippen LogP) is 6.30. The lowest BCUT2D eigenvalue weighted by Gasteiger charge is -2.14. The number of aromatic hydroxyl groups is 1. The van der Waals surface area contributed by atoms with Gasteiger partial charge in [0.1, 0.15) is 11.5 Å². The Bertz CT molecular complexity index is 812. The van der Waals surface area contributed by atoms with Gasteiger partial charge in [0.2, 0.25) is 0 Å². The van der Waals surface area contributed by atoms with Crippen LogP contribution >= 0.6 is 0 Å². The molecule has 0 aliphatic rings. The number of para-hydroxylation sites is 1. The van der Waals surface area contributed by atoms with Crippen molar-refractivity contribution in [3.05, 3.63) is 60.7 Å². The van der Waals surface area contributed by atoms with E-state index in [1.807, 2.05) is 54.6 Å². The number of hydrogen-bond donors (Lipinski definition) is 1. The van der Waals surface area contributed by atoms with Crippen LogP contribution in [0.25, 0.3) is 10.8 Å². The van der Waals surface area contributed by atoms with E-state index in [0.29, 0.717) is 18.1 Å². The van der Waals surface area contributed by atoms with E-state index in [2.05, 4.69) is 6.92 Å². The summed E-state index contributed by atoms with van der Waals surface area (Å²) in [7, 11) is 0. The quantitative estimate of drug-likeness (QED) is 0.491. The van der Waals surface area contributed by atoms with Crippen LogP contribution in [0, 0.1) is 0 Å². The first-order chi connectivity index (χ1) is 12.3. The number of phenols is 1. The van der Waals surface area contributed by atoms with Gasteiger partial charge >= 0.3 is 0 Å². The van der Waals surface area contributed by atoms with E-state index in [1.54, 1.807) is 6.07 Å². The first-order valence-corrected chi connectivity index (χ1v) is 8.90. The highest BCUT2D eigenvalue weighted by atomic mass is 16.5. The molecular weight excluding hydrogens is 312 g/mol. The van der Waals surface area contributed by atoms with Crippen molar-refractivity contribution >= 4 is 10.8 Å². The summed E-state index contributed by atoms with van der Waals surface area (Å²) in [4.78, 5) is 0. The Morgan fingerprint density at radius 1 is 0.800 bits per heavy atom. The normalized spacial score (nSPS) is 10.8. The van der Waals surface area contributed by atoms with E-state index >= 15 is 0 Å². The minimum absolute atomic E-state index is 0.137. The first kappa shape index (κ1) is 17.2. The molecule has 0 saturated heterocycles. The molecule has 0 atom stereocenters. The fraction of sp³-hybridized carbons (Fsp3) is 0.273. The highest BCUT2D eigenvalue weighted by molar-refractivity contribution is 5.95. The smallest absolute Gasteiger partial charge is 0.173 e. The lowest BCUT2D eigenvalue weighted by molar-refractivity contribution is 0.306. The molecule has 0 aromatic heterocycles. The monoisotopic (exact) mass is 336 g/mol. The molecule has 0 aliphatic carbocycles. The van der Waals surface area contributed by atoms with Crippen LogP contribution in [0.1, 0.15) is 32.6 Å². The second kappa shape index (κ2) is 8.43. The molecule has 3 aromatic rings. The molecule has 0 radical (unpaired) electrons. The van der Waals surface area contributed by atoms with E-state index in [-0.39, 0.29) is 5.75 Å². The van der Waals surface area contributed by atoms with Crippen molar-refractivity contribution in [3.8, 4) is 23.0 Å². The molecule has 0 spiro atoms. The van der Waals surface area contributed by atoms with E-state index in [1.165, 1.54) is 19.3 Å². The van der Waals surface area contributed by atoms with E-state index in [0.717, 1.165) is 22.9 Å². The molecule has 0 unspecified atom stereocenters. The van der Waals surface area contributed by atoms with Crippen LogP contribution in [0.2, 0.25) is 0 Å². The van der Waals surface area contributed by atoms with Gasteiger partial charge in [-0.25, -0.2) is 0 Å². The van der Waals surface area contributed by atoms with E-state index in [4.69, 9.17) is 9.47 Å². The molecule has 130 valence electrons. The molecule has 0 fully saturated rings. The van der Waals surface area contributed by atoms with Crippen molar-refractivity contribution in [1.29, 1.82) is 0 Å². The molecule has 3 rings (SSSR count). The molecule has 0 aliphatic heterocycles. The maximum atomic E-state index is 10.6. The number of unbranched alkanes of at least 4 members (excludes halogenated alkanes) is 3. The standard InChI is InChI=1S/C22H24O3/c1-2-3-4-10-15-24-20-16-21(25-17-11-6-5-7-12-17)22(23)19-14-9-8-13-18(19)20/h5-9,11-14,16,23H,2-4,10,15H2,1H3. The topological polar surface area (TPSA) is 38.7 Å². The summed E-state index contributed by atoms with van der Waals surface area (Å²) < 4.78 is 11.9. The van der Waals surface area contributed by atoms with Crippen LogP contribution in [0.5, 0.6) is 23.0 Å². The minimum atomic E-state index is 0.137. The Hall–Kier alpha value is -2.68. The molecule has 0 amide bonds. The fourth-order valence-electron chi connectivity index (χ4n) is 2.83. The Morgan fingerprint density at radius 2 is 1.52 bits per heavy atom. The van der Waals surface area contributed by atoms with Crippen molar-refractivity contribution in [2.75, 3.05) is 6.61 Å². The molecule has 3 nitrogen and oxygen atoms in total. The maximum absolute atomic E-state index is 10.6. The molecule has 25 heavy (non-hydrogen) atoms. The van der Waals surface area contributed by atoms with Gasteiger partial charge < -0.3 is 14.6 Å². The lowest BCUT2D eigenvalue weighted by atomic mass is 10.1. The molecule has 0 heterocycles. The van der Waals surface area contributed by atoms with Crippen molar-refractivity contribution in [1.82, 2.24) is 0 Å². The average molecular weight is 336 g/mol. The highest BCUT2D eigenvalue weighted by Crippen LogP contribution is 2.42. The zero-order chi connectivity index (χ0) is 17.5. The largest absolute Gasteiger partial charge is 0.504 e. The summed E-state index contributed by atoms with van der Waals surface area (Å²) in [5, 5.41) is 12.2. The van der Waals surface area contributed by atoms with Gasteiger partial charge in [-0.1, -0.05) is 68.7 Å². The highest BCUT2D eigenvalue weighted by Gasteiger charge is 2.14. The summed E-state index contributed by atoms with van der Waals surface area (Å²) in [5.41, 5.74) is 0. The number of phenolic OH excluding ortho intramolecular Hbond substituents is 1. The predicted molar refractivity (Wildman–Crippen MR) is 102 cm³/mol. The summed E-state index contributed by atoms with van der Waals surface area (Å²) in [5.74, 6) is 1.98.